The zero-order valence-electron chi connectivity index (χ0n) is 11.0. The highest BCUT2D eigenvalue weighted by molar-refractivity contribution is 7.89. The first-order valence-corrected chi connectivity index (χ1v) is 8.48. The van der Waals surface area contributed by atoms with E-state index in [4.69, 9.17) is 0 Å². The van der Waals surface area contributed by atoms with Crippen LogP contribution in [0.1, 0.15) is 16.1 Å². The average molecular weight is 312 g/mol. The van der Waals surface area contributed by atoms with Crippen LogP contribution in [-0.4, -0.2) is 25.1 Å². The van der Waals surface area contributed by atoms with Gasteiger partial charge in [0.25, 0.3) is 0 Å². The molecule has 0 saturated carbocycles. The minimum atomic E-state index is -3.59. The third kappa shape index (κ3) is 3.43. The molecule has 0 atom stereocenters. The molecule has 2 heterocycles. The Balaban J connectivity index is 2.06. The SMILES string of the molecule is Cc1csc(CO)c1S(=O)(=O)NCCc1ccccn1. The van der Waals surface area contributed by atoms with Crippen LogP contribution in [0.5, 0.6) is 0 Å². The van der Waals surface area contributed by atoms with Crippen LogP contribution in [0.3, 0.4) is 0 Å². The summed E-state index contributed by atoms with van der Waals surface area (Å²) >= 11 is 1.25. The van der Waals surface area contributed by atoms with E-state index in [9.17, 15) is 13.5 Å². The summed E-state index contributed by atoms with van der Waals surface area (Å²) < 4.78 is 27.0. The second-order valence-corrected chi connectivity index (χ2v) is 6.97. The number of thiophene rings is 1. The van der Waals surface area contributed by atoms with Gasteiger partial charge in [-0.15, -0.1) is 11.3 Å². The van der Waals surface area contributed by atoms with Crippen LogP contribution >= 0.6 is 11.3 Å². The third-order valence-corrected chi connectivity index (χ3v) is 5.71. The molecule has 0 aliphatic heterocycles. The molecule has 5 nitrogen and oxygen atoms in total. The molecule has 20 heavy (non-hydrogen) atoms. The minimum Gasteiger partial charge on any atom is -0.391 e. The maximum Gasteiger partial charge on any atom is 0.242 e. The average Bonchev–Trinajstić information content (AvgIpc) is 2.81. The predicted molar refractivity (Wildman–Crippen MR) is 78.1 cm³/mol. The number of sulfonamides is 1. The lowest BCUT2D eigenvalue weighted by molar-refractivity contribution is 0.282. The molecule has 0 aliphatic carbocycles. The van der Waals surface area contributed by atoms with Crippen molar-refractivity contribution in [1.29, 1.82) is 0 Å². The summed E-state index contributed by atoms with van der Waals surface area (Å²) in [5, 5.41) is 10.9. The maximum atomic E-state index is 12.2. The van der Waals surface area contributed by atoms with Crippen LogP contribution in [0.4, 0.5) is 0 Å². The van der Waals surface area contributed by atoms with E-state index >= 15 is 0 Å². The fourth-order valence-electron chi connectivity index (χ4n) is 1.89. The van der Waals surface area contributed by atoms with Crippen LogP contribution in [-0.2, 0) is 23.1 Å². The number of pyridine rings is 1. The minimum absolute atomic E-state index is 0.200. The lowest BCUT2D eigenvalue weighted by Gasteiger charge is -2.08. The normalized spacial score (nSPS) is 11.7. The molecule has 0 aromatic carbocycles. The number of hydrogen-bond donors (Lipinski definition) is 2. The summed E-state index contributed by atoms with van der Waals surface area (Å²) in [6, 6.07) is 5.53. The Hall–Kier alpha value is -1.28. The lowest BCUT2D eigenvalue weighted by atomic mass is 10.3. The molecule has 0 radical (unpaired) electrons. The standard InChI is InChI=1S/C13H16N2O3S2/c1-10-9-19-12(8-16)13(10)20(17,18)15-7-5-11-4-2-3-6-14-11/h2-4,6,9,15-16H,5,7-8H2,1H3. The third-order valence-electron chi connectivity index (χ3n) is 2.80. The molecule has 0 aliphatic rings. The van der Waals surface area contributed by atoms with E-state index in [-0.39, 0.29) is 18.0 Å². The Morgan fingerprint density at radius 1 is 1.40 bits per heavy atom. The maximum absolute atomic E-state index is 12.2. The van der Waals surface area contributed by atoms with E-state index in [1.807, 2.05) is 18.2 Å². The largest absolute Gasteiger partial charge is 0.391 e. The first-order valence-electron chi connectivity index (χ1n) is 6.12. The van der Waals surface area contributed by atoms with Crippen LogP contribution < -0.4 is 4.72 Å². The monoisotopic (exact) mass is 312 g/mol. The molecule has 2 aromatic rings. The molecule has 108 valence electrons. The number of nitrogens with one attached hydrogen (secondary N) is 1. The van der Waals surface area contributed by atoms with Crippen molar-refractivity contribution in [3.8, 4) is 0 Å². The second kappa shape index (κ2) is 6.45. The quantitative estimate of drug-likeness (QED) is 0.846. The van der Waals surface area contributed by atoms with Crippen molar-refractivity contribution >= 4 is 21.4 Å². The first kappa shape index (κ1) is 15.1. The van der Waals surface area contributed by atoms with E-state index in [1.54, 1.807) is 18.5 Å². The number of rotatable bonds is 6. The van der Waals surface area contributed by atoms with E-state index in [2.05, 4.69) is 9.71 Å². The molecule has 2 aromatic heterocycles. The van der Waals surface area contributed by atoms with Gasteiger partial charge in [0.15, 0.2) is 0 Å². The van der Waals surface area contributed by atoms with Gasteiger partial charge in [-0.3, -0.25) is 4.98 Å². The van der Waals surface area contributed by atoms with Gasteiger partial charge in [0, 0.05) is 24.9 Å². The van der Waals surface area contributed by atoms with E-state index in [1.165, 1.54) is 11.3 Å². The van der Waals surface area contributed by atoms with Crippen LogP contribution in [0.15, 0.2) is 34.7 Å². The summed E-state index contributed by atoms with van der Waals surface area (Å²) in [6.45, 7) is 1.73. The Kier molecular flexibility index (Phi) is 4.87. The fraction of sp³-hybridized carbons (Fsp3) is 0.308. The highest BCUT2D eigenvalue weighted by atomic mass is 32.2. The summed E-state index contributed by atoms with van der Waals surface area (Å²) in [5.74, 6) is 0. The first-order chi connectivity index (χ1) is 9.54. The van der Waals surface area contributed by atoms with Gasteiger partial charge in [0.05, 0.1) is 11.5 Å². The molecule has 0 bridgehead atoms. The Labute approximate surface area is 122 Å². The number of nitrogens with zero attached hydrogens (tertiary/aromatic N) is 1. The van der Waals surface area contributed by atoms with Crippen molar-refractivity contribution in [2.45, 2.75) is 24.8 Å². The van der Waals surface area contributed by atoms with Crippen LogP contribution in [0.2, 0.25) is 0 Å². The number of aliphatic hydroxyl groups excluding tert-OH is 1. The van der Waals surface area contributed by atoms with E-state index < -0.39 is 10.0 Å². The number of aliphatic hydroxyl groups is 1. The number of aromatic nitrogens is 1. The molecule has 0 fully saturated rings. The van der Waals surface area contributed by atoms with Gasteiger partial charge in [0.2, 0.25) is 10.0 Å². The highest BCUT2D eigenvalue weighted by Gasteiger charge is 2.22. The Bertz CT molecular complexity index is 666. The smallest absolute Gasteiger partial charge is 0.242 e. The van der Waals surface area contributed by atoms with Crippen LogP contribution in [0.25, 0.3) is 0 Å². The summed E-state index contributed by atoms with van der Waals surface area (Å²) in [5.41, 5.74) is 1.49. The molecular weight excluding hydrogens is 296 g/mol. The summed E-state index contributed by atoms with van der Waals surface area (Å²) in [7, 11) is -3.59. The van der Waals surface area contributed by atoms with E-state index in [0.29, 0.717) is 16.9 Å². The van der Waals surface area contributed by atoms with Gasteiger partial charge in [-0.05, 0) is 30.0 Å². The van der Waals surface area contributed by atoms with Crippen molar-refractivity contribution < 1.29 is 13.5 Å². The molecule has 2 rings (SSSR count). The summed E-state index contributed by atoms with van der Waals surface area (Å²) in [6.07, 6.45) is 2.20. The molecule has 0 unspecified atom stereocenters. The molecular formula is C13H16N2O3S2. The highest BCUT2D eigenvalue weighted by Crippen LogP contribution is 2.26. The molecule has 0 amide bonds. The zero-order valence-corrected chi connectivity index (χ0v) is 12.7. The fourth-order valence-corrected chi connectivity index (χ4v) is 4.58. The molecule has 7 heteroatoms. The number of aryl methyl sites for hydroxylation is 1. The van der Waals surface area contributed by atoms with Crippen molar-refractivity contribution in [2.75, 3.05) is 6.54 Å². The van der Waals surface area contributed by atoms with Crippen molar-refractivity contribution in [2.24, 2.45) is 0 Å². The van der Waals surface area contributed by atoms with Gasteiger partial charge < -0.3 is 5.11 Å². The molecule has 0 spiro atoms. The number of hydrogen-bond acceptors (Lipinski definition) is 5. The van der Waals surface area contributed by atoms with Crippen molar-refractivity contribution in [1.82, 2.24) is 9.71 Å². The lowest BCUT2D eigenvalue weighted by Crippen LogP contribution is -2.27. The Morgan fingerprint density at radius 2 is 2.20 bits per heavy atom. The van der Waals surface area contributed by atoms with Crippen LogP contribution in [0, 0.1) is 6.92 Å². The zero-order chi connectivity index (χ0) is 14.6. The van der Waals surface area contributed by atoms with Crippen molar-refractivity contribution in [3.63, 3.8) is 0 Å². The van der Waals surface area contributed by atoms with Gasteiger partial charge in [-0.1, -0.05) is 6.07 Å². The van der Waals surface area contributed by atoms with Gasteiger partial charge >= 0.3 is 0 Å². The van der Waals surface area contributed by atoms with Gasteiger partial charge in [-0.25, -0.2) is 13.1 Å². The second-order valence-electron chi connectivity index (χ2n) is 4.30. The molecule has 0 saturated heterocycles. The van der Waals surface area contributed by atoms with Gasteiger partial charge in [0.1, 0.15) is 4.90 Å². The van der Waals surface area contributed by atoms with E-state index in [0.717, 1.165) is 5.69 Å². The Morgan fingerprint density at radius 3 is 2.85 bits per heavy atom. The molecule has 2 N–H and O–H groups in total. The van der Waals surface area contributed by atoms with Gasteiger partial charge in [-0.2, -0.15) is 0 Å². The topological polar surface area (TPSA) is 79.3 Å². The predicted octanol–water partition coefficient (Wildman–Crippen LogP) is 1.46. The summed E-state index contributed by atoms with van der Waals surface area (Å²) in [4.78, 5) is 4.81. The van der Waals surface area contributed by atoms with Crippen molar-refractivity contribution in [3.05, 3.63) is 45.9 Å².